The van der Waals surface area contributed by atoms with Gasteiger partial charge in [-0.05, 0) is 35.3 Å². The maximum Gasteiger partial charge on any atom is 0.137 e. The standard InChI is InChI=1S/C23H39NO3/c1-7-22(3,4)18-9-10-21(20(15-18)23(5,6)8-2)27-17-19(25)16-24-11-13-26-14-12-24/h9-10,15,19,25H,7-8,11-14,16-17H2,1-6H3/p+1/t19-/m1/s1. The summed E-state index contributed by atoms with van der Waals surface area (Å²) in [4.78, 5) is 1.39. The molecular formula is C23H40NO3+. The lowest BCUT2D eigenvalue weighted by atomic mass is 9.76. The van der Waals surface area contributed by atoms with Crippen LogP contribution in [-0.2, 0) is 15.6 Å². The number of rotatable bonds is 9. The minimum absolute atomic E-state index is 0.0373. The number of benzene rings is 1. The fourth-order valence-corrected chi connectivity index (χ4v) is 3.44. The molecule has 0 bridgehead atoms. The highest BCUT2D eigenvalue weighted by atomic mass is 16.5. The lowest BCUT2D eigenvalue weighted by molar-refractivity contribution is -0.911. The first-order valence-electron chi connectivity index (χ1n) is 10.6. The van der Waals surface area contributed by atoms with Crippen LogP contribution >= 0.6 is 0 Å². The van der Waals surface area contributed by atoms with Crippen LogP contribution in [0.5, 0.6) is 5.75 Å². The van der Waals surface area contributed by atoms with Crippen molar-refractivity contribution < 1.29 is 19.5 Å². The lowest BCUT2D eigenvalue weighted by Gasteiger charge is -2.31. The minimum atomic E-state index is -0.456. The number of aliphatic hydroxyl groups excluding tert-OH is 1. The molecule has 1 aliphatic heterocycles. The van der Waals surface area contributed by atoms with Gasteiger partial charge in [0.2, 0.25) is 0 Å². The van der Waals surface area contributed by atoms with Crippen molar-refractivity contribution in [1.29, 1.82) is 0 Å². The monoisotopic (exact) mass is 378 g/mol. The third-order valence-electron chi connectivity index (χ3n) is 6.41. The smallest absolute Gasteiger partial charge is 0.137 e. The molecule has 4 nitrogen and oxygen atoms in total. The molecule has 0 aliphatic carbocycles. The summed E-state index contributed by atoms with van der Waals surface area (Å²) < 4.78 is 11.5. The highest BCUT2D eigenvalue weighted by molar-refractivity contribution is 5.44. The van der Waals surface area contributed by atoms with E-state index < -0.39 is 6.10 Å². The zero-order valence-corrected chi connectivity index (χ0v) is 18.2. The summed E-state index contributed by atoms with van der Waals surface area (Å²) >= 11 is 0. The van der Waals surface area contributed by atoms with Crippen molar-refractivity contribution >= 4 is 0 Å². The molecule has 1 aliphatic rings. The van der Waals surface area contributed by atoms with Crippen molar-refractivity contribution in [3.8, 4) is 5.75 Å². The Morgan fingerprint density at radius 1 is 1.07 bits per heavy atom. The van der Waals surface area contributed by atoms with Crippen LogP contribution in [0.15, 0.2) is 18.2 Å². The molecule has 1 heterocycles. The molecule has 2 rings (SSSR count). The average Bonchev–Trinajstić information content (AvgIpc) is 2.67. The lowest BCUT2D eigenvalue weighted by Crippen LogP contribution is -3.15. The Hall–Kier alpha value is -1.10. The number of quaternary nitrogens is 1. The van der Waals surface area contributed by atoms with E-state index >= 15 is 0 Å². The molecule has 1 saturated heterocycles. The number of ether oxygens (including phenoxy) is 2. The van der Waals surface area contributed by atoms with Gasteiger partial charge in [0.05, 0.1) is 13.2 Å². The van der Waals surface area contributed by atoms with Crippen LogP contribution in [-0.4, -0.2) is 50.7 Å². The summed E-state index contributed by atoms with van der Waals surface area (Å²) in [6.07, 6.45) is 1.68. The SMILES string of the molecule is CCC(C)(C)c1ccc(OC[C@H](O)C[NH+]2CCOCC2)c(C(C)(C)CC)c1. The van der Waals surface area contributed by atoms with Gasteiger partial charge >= 0.3 is 0 Å². The molecule has 0 spiro atoms. The molecular weight excluding hydrogens is 338 g/mol. The maximum absolute atomic E-state index is 10.4. The van der Waals surface area contributed by atoms with Gasteiger partial charge in [-0.2, -0.15) is 0 Å². The number of hydrogen-bond donors (Lipinski definition) is 2. The van der Waals surface area contributed by atoms with Gasteiger partial charge in [-0.1, -0.05) is 53.7 Å². The first-order chi connectivity index (χ1) is 12.7. The van der Waals surface area contributed by atoms with Gasteiger partial charge in [0.25, 0.3) is 0 Å². The van der Waals surface area contributed by atoms with Gasteiger partial charge < -0.3 is 19.5 Å². The molecule has 0 amide bonds. The second-order valence-electron chi connectivity index (χ2n) is 9.22. The van der Waals surface area contributed by atoms with E-state index in [4.69, 9.17) is 9.47 Å². The molecule has 1 fully saturated rings. The van der Waals surface area contributed by atoms with Crippen molar-refractivity contribution in [2.24, 2.45) is 0 Å². The Kier molecular flexibility index (Phi) is 7.73. The predicted molar refractivity (Wildman–Crippen MR) is 111 cm³/mol. The van der Waals surface area contributed by atoms with Crippen LogP contribution in [0.1, 0.15) is 65.5 Å². The summed E-state index contributed by atoms with van der Waals surface area (Å²) in [7, 11) is 0. The Labute approximate surface area is 165 Å². The van der Waals surface area contributed by atoms with Crippen LogP contribution in [0.4, 0.5) is 0 Å². The van der Waals surface area contributed by atoms with Gasteiger partial charge in [-0.25, -0.2) is 0 Å². The molecule has 1 aromatic carbocycles. The van der Waals surface area contributed by atoms with Crippen LogP contribution in [0, 0.1) is 0 Å². The van der Waals surface area contributed by atoms with E-state index in [-0.39, 0.29) is 10.8 Å². The average molecular weight is 379 g/mol. The van der Waals surface area contributed by atoms with E-state index in [1.54, 1.807) is 0 Å². The van der Waals surface area contributed by atoms with E-state index in [1.807, 2.05) is 0 Å². The molecule has 0 radical (unpaired) electrons. The third-order valence-corrected chi connectivity index (χ3v) is 6.41. The number of aliphatic hydroxyl groups is 1. The van der Waals surface area contributed by atoms with E-state index in [0.717, 1.165) is 51.4 Å². The fourth-order valence-electron chi connectivity index (χ4n) is 3.44. The summed E-state index contributed by atoms with van der Waals surface area (Å²) in [5, 5.41) is 10.4. The zero-order chi connectivity index (χ0) is 20.1. The zero-order valence-electron chi connectivity index (χ0n) is 18.2. The predicted octanol–water partition coefficient (Wildman–Crippen LogP) is 2.72. The van der Waals surface area contributed by atoms with Crippen LogP contribution in [0.3, 0.4) is 0 Å². The minimum Gasteiger partial charge on any atom is -0.490 e. The van der Waals surface area contributed by atoms with E-state index in [0.29, 0.717) is 6.61 Å². The summed E-state index contributed by atoms with van der Waals surface area (Å²) in [5.41, 5.74) is 2.79. The van der Waals surface area contributed by atoms with Gasteiger partial charge in [0, 0.05) is 5.56 Å². The molecule has 2 N–H and O–H groups in total. The topological polar surface area (TPSA) is 43.1 Å². The van der Waals surface area contributed by atoms with Gasteiger partial charge in [0.1, 0.15) is 38.1 Å². The van der Waals surface area contributed by atoms with Crippen molar-refractivity contribution in [2.45, 2.75) is 71.3 Å². The molecule has 1 atom stereocenters. The largest absolute Gasteiger partial charge is 0.490 e. The van der Waals surface area contributed by atoms with Crippen molar-refractivity contribution in [1.82, 2.24) is 0 Å². The normalized spacial score (nSPS) is 17.7. The number of morpholine rings is 1. The van der Waals surface area contributed by atoms with Gasteiger partial charge in [-0.15, -0.1) is 0 Å². The van der Waals surface area contributed by atoms with Crippen LogP contribution in [0.2, 0.25) is 0 Å². The molecule has 154 valence electrons. The highest BCUT2D eigenvalue weighted by Gasteiger charge is 2.27. The van der Waals surface area contributed by atoms with Crippen molar-refractivity contribution in [3.63, 3.8) is 0 Å². The Bertz CT molecular complexity index is 591. The van der Waals surface area contributed by atoms with E-state index in [9.17, 15) is 5.11 Å². The highest BCUT2D eigenvalue weighted by Crippen LogP contribution is 2.38. The molecule has 27 heavy (non-hydrogen) atoms. The molecule has 0 aromatic heterocycles. The molecule has 0 saturated carbocycles. The first kappa shape index (κ1) is 22.2. The number of hydrogen-bond acceptors (Lipinski definition) is 3. The number of nitrogens with one attached hydrogen (secondary N) is 1. The van der Waals surface area contributed by atoms with E-state index in [1.165, 1.54) is 16.0 Å². The van der Waals surface area contributed by atoms with Crippen LogP contribution in [0.25, 0.3) is 0 Å². The molecule has 0 unspecified atom stereocenters. The van der Waals surface area contributed by atoms with Gasteiger partial charge in [0.15, 0.2) is 0 Å². The summed E-state index contributed by atoms with van der Waals surface area (Å²) in [6.45, 7) is 18.1. The fraction of sp³-hybridized carbons (Fsp3) is 0.739. The van der Waals surface area contributed by atoms with E-state index in [2.05, 4.69) is 59.7 Å². The molecule has 4 heteroatoms. The van der Waals surface area contributed by atoms with Crippen LogP contribution < -0.4 is 9.64 Å². The van der Waals surface area contributed by atoms with Crippen molar-refractivity contribution in [3.05, 3.63) is 29.3 Å². The molecule has 1 aromatic rings. The van der Waals surface area contributed by atoms with Crippen molar-refractivity contribution in [2.75, 3.05) is 39.5 Å². The second-order valence-corrected chi connectivity index (χ2v) is 9.22. The second kappa shape index (κ2) is 9.40. The third kappa shape index (κ3) is 5.94. The van der Waals surface area contributed by atoms with Gasteiger partial charge in [-0.3, -0.25) is 0 Å². The summed E-state index contributed by atoms with van der Waals surface area (Å²) in [5.74, 6) is 0.911. The maximum atomic E-state index is 10.4. The Morgan fingerprint density at radius 2 is 1.70 bits per heavy atom. The summed E-state index contributed by atoms with van der Waals surface area (Å²) in [6, 6.07) is 6.61. The quantitative estimate of drug-likeness (QED) is 0.694. The Balaban J connectivity index is 2.12. The first-order valence-corrected chi connectivity index (χ1v) is 10.6. The Morgan fingerprint density at radius 3 is 2.30 bits per heavy atom.